The Morgan fingerprint density at radius 1 is 1.03 bits per heavy atom. The predicted octanol–water partition coefficient (Wildman–Crippen LogP) is 3.59. The number of nitro groups is 1. The van der Waals surface area contributed by atoms with Gasteiger partial charge in [-0.25, -0.2) is 8.42 Å². The normalized spacial score (nSPS) is 12.4. The molecule has 0 radical (unpaired) electrons. The van der Waals surface area contributed by atoms with Gasteiger partial charge in [0.2, 0.25) is 0 Å². The van der Waals surface area contributed by atoms with Gasteiger partial charge in [0.25, 0.3) is 11.6 Å². The number of ether oxygens (including phenoxy) is 1. The molecule has 32 heavy (non-hydrogen) atoms. The minimum atomic E-state index is -3.50. The number of amides is 1. The zero-order valence-corrected chi connectivity index (χ0v) is 19.1. The summed E-state index contributed by atoms with van der Waals surface area (Å²) < 4.78 is 29.7. The van der Waals surface area contributed by atoms with E-state index < -0.39 is 37.9 Å². The number of carbonyl (C=O) groups is 2. The number of hydrogen-bond acceptors (Lipinski definition) is 7. The van der Waals surface area contributed by atoms with Crippen molar-refractivity contribution in [3.05, 3.63) is 69.8 Å². The Balaban J connectivity index is 2.34. The lowest BCUT2D eigenvalue weighted by Gasteiger charge is -2.19. The number of benzene rings is 2. The Labute approximate surface area is 186 Å². The summed E-state index contributed by atoms with van der Waals surface area (Å²) in [6.07, 6.45) is -0.700. The Kier molecular flexibility index (Phi) is 8.09. The molecule has 1 N–H and O–H groups in total. The van der Waals surface area contributed by atoms with Gasteiger partial charge in [-0.3, -0.25) is 19.7 Å². The maximum Gasteiger partial charge on any atom is 0.308 e. The van der Waals surface area contributed by atoms with Gasteiger partial charge in [-0.05, 0) is 52.0 Å². The van der Waals surface area contributed by atoms with E-state index >= 15 is 0 Å². The van der Waals surface area contributed by atoms with Crippen molar-refractivity contribution in [3.63, 3.8) is 0 Å². The van der Waals surface area contributed by atoms with E-state index in [1.807, 2.05) is 0 Å². The Morgan fingerprint density at radius 2 is 1.62 bits per heavy atom. The molecule has 1 unspecified atom stereocenters. The molecule has 1 atom stereocenters. The van der Waals surface area contributed by atoms with Crippen molar-refractivity contribution < 1.29 is 27.7 Å². The van der Waals surface area contributed by atoms with Crippen molar-refractivity contribution in [2.75, 3.05) is 0 Å². The summed E-state index contributed by atoms with van der Waals surface area (Å²) in [5, 5.41) is 13.5. The Hall–Kier alpha value is -3.27. The topological polar surface area (TPSA) is 133 Å². The summed E-state index contributed by atoms with van der Waals surface area (Å²) in [6.45, 7) is 6.46. The summed E-state index contributed by atoms with van der Waals surface area (Å²) in [5.41, 5.74) is 0.0626. The zero-order valence-electron chi connectivity index (χ0n) is 18.3. The summed E-state index contributed by atoms with van der Waals surface area (Å²) in [5.74, 6) is -1.24. The number of hydrogen-bond donors (Lipinski definition) is 1. The van der Waals surface area contributed by atoms with Crippen molar-refractivity contribution in [3.8, 4) is 0 Å². The highest BCUT2D eigenvalue weighted by atomic mass is 32.2. The highest BCUT2D eigenvalue weighted by molar-refractivity contribution is 7.92. The number of nitrogens with zero attached hydrogens (tertiary/aromatic N) is 1. The minimum absolute atomic E-state index is 0.0832. The number of esters is 1. The molecule has 0 spiro atoms. The third-order valence-electron chi connectivity index (χ3n) is 4.62. The summed E-state index contributed by atoms with van der Waals surface area (Å²) in [7, 11) is -3.50. The molecule has 0 fully saturated rings. The number of nitro benzene ring substituents is 1. The van der Waals surface area contributed by atoms with Crippen LogP contribution in [0.3, 0.4) is 0 Å². The third-order valence-corrected chi connectivity index (χ3v) is 6.79. The fourth-order valence-electron chi connectivity index (χ4n) is 2.97. The summed E-state index contributed by atoms with van der Waals surface area (Å²) >= 11 is 0. The lowest BCUT2D eigenvalue weighted by molar-refractivity contribution is -0.385. The van der Waals surface area contributed by atoms with Crippen molar-refractivity contribution in [1.29, 1.82) is 0 Å². The molecule has 0 saturated heterocycles. The third kappa shape index (κ3) is 6.13. The highest BCUT2D eigenvalue weighted by Crippen LogP contribution is 2.28. The SMILES string of the molecule is CC(C)OC(=O)CC(NC(=O)c1ccc(S(=O)(=O)C(C)C)cc1)c1ccccc1[N+](=O)[O-]. The van der Waals surface area contributed by atoms with Crippen LogP contribution in [0.1, 0.15) is 56.1 Å². The molecule has 172 valence electrons. The van der Waals surface area contributed by atoms with Crippen LogP contribution in [0.5, 0.6) is 0 Å². The standard InChI is InChI=1S/C22H26N2O7S/c1-14(2)31-21(25)13-19(18-7-5-6-8-20(18)24(27)28)23-22(26)16-9-11-17(12-10-16)32(29,30)15(3)4/h5-12,14-15,19H,13H2,1-4H3,(H,23,26). The van der Waals surface area contributed by atoms with Gasteiger partial charge in [0.05, 0.1) is 39.2 Å². The first-order valence-electron chi connectivity index (χ1n) is 10.0. The lowest BCUT2D eigenvalue weighted by atomic mass is 10.0. The Morgan fingerprint density at radius 3 is 2.16 bits per heavy atom. The van der Waals surface area contributed by atoms with E-state index in [2.05, 4.69) is 5.32 Å². The second-order valence-corrected chi connectivity index (χ2v) is 10.2. The van der Waals surface area contributed by atoms with Crippen LogP contribution in [0.15, 0.2) is 53.4 Å². The molecule has 1 amide bonds. The van der Waals surface area contributed by atoms with Crippen molar-refractivity contribution in [2.24, 2.45) is 0 Å². The number of sulfone groups is 1. The molecule has 10 heteroatoms. The monoisotopic (exact) mass is 462 g/mol. The van der Waals surface area contributed by atoms with E-state index in [4.69, 9.17) is 4.74 Å². The second kappa shape index (κ2) is 10.4. The van der Waals surface area contributed by atoms with Crippen LogP contribution in [0.2, 0.25) is 0 Å². The molecule has 9 nitrogen and oxygen atoms in total. The lowest BCUT2D eigenvalue weighted by Crippen LogP contribution is -2.31. The maximum absolute atomic E-state index is 12.8. The predicted molar refractivity (Wildman–Crippen MR) is 118 cm³/mol. The largest absolute Gasteiger partial charge is 0.463 e. The van der Waals surface area contributed by atoms with Crippen LogP contribution in [0.25, 0.3) is 0 Å². The smallest absolute Gasteiger partial charge is 0.308 e. The second-order valence-electron chi connectivity index (χ2n) is 7.70. The van der Waals surface area contributed by atoms with E-state index in [1.54, 1.807) is 33.8 Å². The van der Waals surface area contributed by atoms with Gasteiger partial charge < -0.3 is 10.1 Å². The molecular formula is C22H26N2O7S. The van der Waals surface area contributed by atoms with Gasteiger partial charge in [0, 0.05) is 11.6 Å². The molecule has 0 saturated carbocycles. The number of nitrogens with one attached hydrogen (secondary N) is 1. The van der Waals surface area contributed by atoms with Gasteiger partial charge in [-0.1, -0.05) is 18.2 Å². The first kappa shape index (κ1) is 25.0. The minimum Gasteiger partial charge on any atom is -0.463 e. The summed E-state index contributed by atoms with van der Waals surface area (Å²) in [4.78, 5) is 36.0. The van der Waals surface area contributed by atoms with Gasteiger partial charge in [0.1, 0.15) is 0 Å². The van der Waals surface area contributed by atoms with Gasteiger partial charge in [-0.2, -0.15) is 0 Å². The van der Waals surface area contributed by atoms with Crippen molar-refractivity contribution in [1.82, 2.24) is 5.32 Å². The van der Waals surface area contributed by atoms with Gasteiger partial charge >= 0.3 is 5.97 Å². The number of rotatable bonds is 9. The molecule has 2 aromatic rings. The molecule has 0 bridgehead atoms. The highest BCUT2D eigenvalue weighted by Gasteiger charge is 2.27. The summed E-state index contributed by atoms with van der Waals surface area (Å²) in [6, 6.07) is 10.2. The fraction of sp³-hybridized carbons (Fsp3) is 0.364. The number of carbonyl (C=O) groups excluding carboxylic acids is 2. The maximum atomic E-state index is 12.8. The Bertz CT molecular complexity index is 1090. The van der Waals surface area contributed by atoms with Gasteiger partial charge in [0.15, 0.2) is 9.84 Å². The molecule has 0 aromatic heterocycles. The molecule has 2 aromatic carbocycles. The fourth-order valence-corrected chi connectivity index (χ4v) is 4.03. The van der Waals surface area contributed by atoms with E-state index in [0.717, 1.165) is 0 Å². The van der Waals surface area contributed by atoms with E-state index in [0.29, 0.717) is 0 Å². The van der Waals surface area contributed by atoms with Gasteiger partial charge in [-0.15, -0.1) is 0 Å². The quantitative estimate of drug-likeness (QED) is 0.342. The first-order valence-corrected chi connectivity index (χ1v) is 11.6. The van der Waals surface area contributed by atoms with Crippen LogP contribution in [-0.4, -0.2) is 36.6 Å². The molecule has 0 aliphatic carbocycles. The molecular weight excluding hydrogens is 436 g/mol. The molecule has 0 aliphatic rings. The molecule has 2 rings (SSSR count). The average Bonchev–Trinajstić information content (AvgIpc) is 2.72. The van der Waals surface area contributed by atoms with Crippen LogP contribution >= 0.6 is 0 Å². The molecule has 0 heterocycles. The average molecular weight is 463 g/mol. The zero-order chi connectivity index (χ0) is 24.1. The van der Waals surface area contributed by atoms with Crippen molar-refractivity contribution in [2.45, 2.75) is 56.4 Å². The molecule has 0 aliphatic heterocycles. The van der Waals surface area contributed by atoms with Crippen LogP contribution in [-0.2, 0) is 19.4 Å². The van der Waals surface area contributed by atoms with E-state index in [-0.39, 0.29) is 34.2 Å². The van der Waals surface area contributed by atoms with Crippen LogP contribution in [0, 0.1) is 10.1 Å². The van der Waals surface area contributed by atoms with Crippen molar-refractivity contribution >= 4 is 27.4 Å². The van der Waals surface area contributed by atoms with Crippen LogP contribution in [0.4, 0.5) is 5.69 Å². The number of para-hydroxylation sites is 1. The van der Waals surface area contributed by atoms with E-state index in [1.165, 1.54) is 42.5 Å². The first-order chi connectivity index (χ1) is 14.9. The van der Waals surface area contributed by atoms with Crippen LogP contribution < -0.4 is 5.32 Å². The van der Waals surface area contributed by atoms with E-state index in [9.17, 15) is 28.1 Å².